The van der Waals surface area contributed by atoms with Crippen molar-refractivity contribution < 1.29 is 29.2 Å². The van der Waals surface area contributed by atoms with E-state index in [1.165, 1.54) is 7.11 Å². The highest BCUT2D eigenvalue weighted by atomic mass is 16.7. The van der Waals surface area contributed by atoms with Crippen LogP contribution in [0.4, 0.5) is 0 Å². The van der Waals surface area contributed by atoms with Gasteiger partial charge in [-0.05, 0) is 0 Å². The zero-order valence-corrected chi connectivity index (χ0v) is 11.1. The molecule has 2 N–H and O–H groups in total. The van der Waals surface area contributed by atoms with Crippen molar-refractivity contribution in [2.75, 3.05) is 13.7 Å². The molecule has 6 atom stereocenters. The Labute approximate surface area is 116 Å². The Bertz CT molecular complexity index is 437. The SMILES string of the molecule is CO[C@@H]1O[C@@H]2CO[C@@H](c3ccccc3)O[C@H]2[C@@H](O)[C@H]1O. The highest BCUT2D eigenvalue weighted by molar-refractivity contribution is 5.16. The van der Waals surface area contributed by atoms with Crippen LogP contribution in [0.2, 0.25) is 0 Å². The first-order valence-corrected chi connectivity index (χ1v) is 6.57. The average molecular weight is 282 g/mol. The van der Waals surface area contributed by atoms with Crippen molar-refractivity contribution in [3.8, 4) is 0 Å². The van der Waals surface area contributed by atoms with Crippen LogP contribution in [-0.2, 0) is 18.9 Å². The van der Waals surface area contributed by atoms with Crippen molar-refractivity contribution in [3.63, 3.8) is 0 Å². The van der Waals surface area contributed by atoms with Crippen molar-refractivity contribution in [1.82, 2.24) is 0 Å². The van der Waals surface area contributed by atoms with Crippen LogP contribution in [0.3, 0.4) is 0 Å². The lowest BCUT2D eigenvalue weighted by Crippen LogP contribution is -2.62. The van der Waals surface area contributed by atoms with Gasteiger partial charge < -0.3 is 29.2 Å². The molecule has 0 aliphatic carbocycles. The van der Waals surface area contributed by atoms with E-state index in [2.05, 4.69) is 0 Å². The summed E-state index contributed by atoms with van der Waals surface area (Å²) in [6.07, 6.45) is -4.76. The third-order valence-electron chi connectivity index (χ3n) is 3.64. The number of hydrogen-bond donors (Lipinski definition) is 2. The molecular formula is C14H18O6. The quantitative estimate of drug-likeness (QED) is 0.806. The first-order valence-electron chi connectivity index (χ1n) is 6.57. The Kier molecular flexibility index (Phi) is 4.02. The molecule has 1 aromatic rings. The summed E-state index contributed by atoms with van der Waals surface area (Å²) in [5.41, 5.74) is 0.863. The molecule has 0 saturated carbocycles. The fraction of sp³-hybridized carbons (Fsp3) is 0.571. The third kappa shape index (κ3) is 2.46. The molecule has 6 nitrogen and oxygen atoms in total. The van der Waals surface area contributed by atoms with Gasteiger partial charge in [0.1, 0.15) is 24.4 Å². The Morgan fingerprint density at radius 1 is 1.10 bits per heavy atom. The van der Waals surface area contributed by atoms with Gasteiger partial charge in [-0.15, -0.1) is 0 Å². The Hall–Kier alpha value is -1.02. The van der Waals surface area contributed by atoms with Gasteiger partial charge in [-0.2, -0.15) is 0 Å². The van der Waals surface area contributed by atoms with Crippen molar-refractivity contribution in [2.24, 2.45) is 0 Å². The number of methoxy groups -OCH3 is 1. The summed E-state index contributed by atoms with van der Waals surface area (Å²) in [6, 6.07) is 9.45. The summed E-state index contributed by atoms with van der Waals surface area (Å²) in [7, 11) is 1.41. The summed E-state index contributed by atoms with van der Waals surface area (Å²) >= 11 is 0. The standard InChI is InChI=1S/C14H18O6/c1-17-14-11(16)10(15)12-9(19-14)7-18-13(20-12)8-5-3-2-4-6-8/h2-6,9-16H,7H2,1H3/t9-,10+,11-,12-,13-,14-/m1/s1. The van der Waals surface area contributed by atoms with Gasteiger partial charge >= 0.3 is 0 Å². The number of aliphatic hydroxyl groups is 2. The fourth-order valence-electron chi connectivity index (χ4n) is 2.55. The van der Waals surface area contributed by atoms with Gasteiger partial charge in [-0.1, -0.05) is 30.3 Å². The summed E-state index contributed by atoms with van der Waals surface area (Å²) in [4.78, 5) is 0. The molecule has 0 unspecified atom stereocenters. The van der Waals surface area contributed by atoms with E-state index in [4.69, 9.17) is 18.9 Å². The van der Waals surface area contributed by atoms with Crippen molar-refractivity contribution in [3.05, 3.63) is 35.9 Å². The Morgan fingerprint density at radius 3 is 2.55 bits per heavy atom. The second-order valence-electron chi connectivity index (χ2n) is 4.94. The second-order valence-corrected chi connectivity index (χ2v) is 4.94. The molecule has 2 saturated heterocycles. The van der Waals surface area contributed by atoms with Gasteiger partial charge in [0.2, 0.25) is 0 Å². The van der Waals surface area contributed by atoms with Crippen LogP contribution >= 0.6 is 0 Å². The molecule has 110 valence electrons. The lowest BCUT2D eigenvalue weighted by atomic mass is 9.98. The molecule has 2 heterocycles. The number of rotatable bonds is 2. The molecule has 6 heteroatoms. The first-order chi connectivity index (χ1) is 9.70. The second kappa shape index (κ2) is 5.77. The van der Waals surface area contributed by atoms with Gasteiger partial charge in [0.05, 0.1) is 6.61 Å². The zero-order valence-electron chi connectivity index (χ0n) is 11.1. The summed E-state index contributed by atoms with van der Waals surface area (Å²) < 4.78 is 21.9. The predicted molar refractivity (Wildman–Crippen MR) is 67.7 cm³/mol. The minimum absolute atomic E-state index is 0.272. The third-order valence-corrected chi connectivity index (χ3v) is 3.64. The van der Waals surface area contributed by atoms with Crippen LogP contribution in [0.5, 0.6) is 0 Å². The van der Waals surface area contributed by atoms with Crippen LogP contribution in [0.1, 0.15) is 11.9 Å². The number of aliphatic hydroxyl groups excluding tert-OH is 2. The topological polar surface area (TPSA) is 77.4 Å². The van der Waals surface area contributed by atoms with Crippen LogP contribution in [0.25, 0.3) is 0 Å². The molecule has 2 fully saturated rings. The lowest BCUT2D eigenvalue weighted by Gasteiger charge is -2.45. The lowest BCUT2D eigenvalue weighted by molar-refractivity contribution is -0.358. The van der Waals surface area contributed by atoms with E-state index in [-0.39, 0.29) is 6.61 Å². The van der Waals surface area contributed by atoms with Crippen LogP contribution in [0.15, 0.2) is 30.3 Å². The zero-order chi connectivity index (χ0) is 14.1. The van der Waals surface area contributed by atoms with Crippen LogP contribution < -0.4 is 0 Å². The van der Waals surface area contributed by atoms with Gasteiger partial charge in [-0.25, -0.2) is 0 Å². The number of hydrogen-bond acceptors (Lipinski definition) is 6. The van der Waals surface area contributed by atoms with E-state index >= 15 is 0 Å². The van der Waals surface area contributed by atoms with Gasteiger partial charge in [0.25, 0.3) is 0 Å². The first kappa shape index (κ1) is 13.9. The predicted octanol–water partition coefficient (Wildman–Crippen LogP) is 0.194. The van der Waals surface area contributed by atoms with E-state index in [1.54, 1.807) is 0 Å². The van der Waals surface area contributed by atoms with Crippen molar-refractivity contribution in [1.29, 1.82) is 0 Å². The molecule has 3 rings (SSSR count). The molecular weight excluding hydrogens is 264 g/mol. The molecule has 0 radical (unpaired) electrons. The van der Waals surface area contributed by atoms with Crippen LogP contribution in [-0.4, -0.2) is 54.6 Å². The fourth-order valence-corrected chi connectivity index (χ4v) is 2.55. The Morgan fingerprint density at radius 2 is 1.85 bits per heavy atom. The number of ether oxygens (including phenoxy) is 4. The van der Waals surface area contributed by atoms with Crippen molar-refractivity contribution >= 4 is 0 Å². The monoisotopic (exact) mass is 282 g/mol. The van der Waals surface area contributed by atoms with E-state index in [9.17, 15) is 10.2 Å². The van der Waals surface area contributed by atoms with E-state index in [0.717, 1.165) is 5.56 Å². The molecule has 0 spiro atoms. The summed E-state index contributed by atoms with van der Waals surface area (Å²) in [5.74, 6) is 0. The molecule has 1 aromatic carbocycles. The minimum atomic E-state index is -1.14. The maximum Gasteiger partial charge on any atom is 0.186 e. The van der Waals surface area contributed by atoms with Crippen LogP contribution in [0, 0.1) is 0 Å². The number of benzene rings is 1. The molecule has 0 bridgehead atoms. The highest BCUT2D eigenvalue weighted by Gasteiger charge is 2.48. The van der Waals surface area contributed by atoms with Gasteiger partial charge in [0, 0.05) is 12.7 Å². The average Bonchev–Trinajstić information content (AvgIpc) is 2.51. The maximum absolute atomic E-state index is 10.1. The van der Waals surface area contributed by atoms with E-state index in [0.29, 0.717) is 0 Å². The van der Waals surface area contributed by atoms with E-state index < -0.39 is 37.0 Å². The van der Waals surface area contributed by atoms with E-state index in [1.807, 2.05) is 30.3 Å². The van der Waals surface area contributed by atoms with Gasteiger partial charge in [-0.3, -0.25) is 0 Å². The Balaban J connectivity index is 1.74. The maximum atomic E-state index is 10.1. The molecule has 20 heavy (non-hydrogen) atoms. The largest absolute Gasteiger partial charge is 0.387 e. The molecule has 2 aliphatic rings. The smallest absolute Gasteiger partial charge is 0.186 e. The number of fused-ring (bicyclic) bond motifs is 1. The molecule has 0 aromatic heterocycles. The van der Waals surface area contributed by atoms with Gasteiger partial charge in [0.15, 0.2) is 12.6 Å². The minimum Gasteiger partial charge on any atom is -0.387 e. The van der Waals surface area contributed by atoms with Crippen molar-refractivity contribution in [2.45, 2.75) is 37.0 Å². The summed E-state index contributed by atoms with van der Waals surface area (Å²) in [6.45, 7) is 0.272. The summed E-state index contributed by atoms with van der Waals surface area (Å²) in [5, 5.41) is 20.1. The molecule has 2 aliphatic heterocycles. The highest BCUT2D eigenvalue weighted by Crippen LogP contribution is 2.33. The molecule has 0 amide bonds. The normalized spacial score (nSPS) is 41.1.